The molecule has 0 saturated carbocycles. The summed E-state index contributed by atoms with van der Waals surface area (Å²) in [6, 6.07) is 8.12. The van der Waals surface area contributed by atoms with Gasteiger partial charge in [0.1, 0.15) is 0 Å². The standard InChI is InChI=1S/C19H24N4O/c1-5-23-12-17(14(3)21-23)11-22(4)10-16-9-15-7-6-13(2)8-18(15)20-19(16)24/h6-9,12H,5,10-11H2,1-4H3,(H,20,24). The topological polar surface area (TPSA) is 53.9 Å². The van der Waals surface area contributed by atoms with Gasteiger partial charge in [0.25, 0.3) is 5.56 Å². The second kappa shape index (κ2) is 6.61. The molecular formula is C19H24N4O. The molecular weight excluding hydrogens is 300 g/mol. The van der Waals surface area contributed by atoms with E-state index in [0.717, 1.165) is 40.8 Å². The third kappa shape index (κ3) is 3.41. The van der Waals surface area contributed by atoms with Crippen LogP contribution in [0.15, 0.2) is 35.3 Å². The largest absolute Gasteiger partial charge is 0.322 e. The Bertz CT molecular complexity index is 923. The van der Waals surface area contributed by atoms with Gasteiger partial charge < -0.3 is 4.98 Å². The van der Waals surface area contributed by atoms with E-state index >= 15 is 0 Å². The molecule has 0 atom stereocenters. The summed E-state index contributed by atoms with van der Waals surface area (Å²) < 4.78 is 1.95. The van der Waals surface area contributed by atoms with Crippen LogP contribution in [0.5, 0.6) is 0 Å². The van der Waals surface area contributed by atoms with Gasteiger partial charge in [-0.25, -0.2) is 0 Å². The van der Waals surface area contributed by atoms with Crippen LogP contribution < -0.4 is 5.56 Å². The lowest BCUT2D eigenvalue weighted by atomic mass is 10.1. The Labute approximate surface area is 141 Å². The van der Waals surface area contributed by atoms with Gasteiger partial charge >= 0.3 is 0 Å². The molecule has 5 heteroatoms. The molecule has 3 rings (SSSR count). The van der Waals surface area contributed by atoms with E-state index in [4.69, 9.17) is 0 Å². The molecule has 0 unspecified atom stereocenters. The normalized spacial score (nSPS) is 11.5. The molecule has 126 valence electrons. The van der Waals surface area contributed by atoms with Gasteiger partial charge in [0.15, 0.2) is 0 Å². The highest BCUT2D eigenvalue weighted by Crippen LogP contribution is 2.15. The van der Waals surface area contributed by atoms with Crippen LogP contribution in [0.4, 0.5) is 0 Å². The van der Waals surface area contributed by atoms with E-state index in [9.17, 15) is 4.79 Å². The Morgan fingerprint density at radius 1 is 1.17 bits per heavy atom. The minimum atomic E-state index is -0.0130. The number of nitrogens with zero attached hydrogens (tertiary/aromatic N) is 3. The van der Waals surface area contributed by atoms with E-state index in [0.29, 0.717) is 6.54 Å². The van der Waals surface area contributed by atoms with Gasteiger partial charge in [-0.2, -0.15) is 5.10 Å². The number of H-pyrrole nitrogens is 1. The Morgan fingerprint density at radius 3 is 2.62 bits per heavy atom. The number of rotatable bonds is 5. The van der Waals surface area contributed by atoms with Gasteiger partial charge in [-0.3, -0.25) is 14.4 Å². The van der Waals surface area contributed by atoms with Gasteiger partial charge in [0, 0.05) is 42.5 Å². The van der Waals surface area contributed by atoms with Gasteiger partial charge in [0.05, 0.1) is 5.69 Å². The zero-order valence-corrected chi connectivity index (χ0v) is 14.8. The first-order valence-electron chi connectivity index (χ1n) is 8.30. The number of fused-ring (bicyclic) bond motifs is 1. The Balaban J connectivity index is 1.80. The van der Waals surface area contributed by atoms with Crippen molar-refractivity contribution in [3.63, 3.8) is 0 Å². The summed E-state index contributed by atoms with van der Waals surface area (Å²) in [7, 11) is 2.03. The smallest absolute Gasteiger partial charge is 0.252 e. The molecule has 0 aliphatic heterocycles. The molecule has 2 aromatic heterocycles. The monoisotopic (exact) mass is 324 g/mol. The average molecular weight is 324 g/mol. The van der Waals surface area contributed by atoms with Crippen LogP contribution in [-0.4, -0.2) is 26.7 Å². The van der Waals surface area contributed by atoms with E-state index in [1.165, 1.54) is 5.56 Å². The number of aromatic amines is 1. The fourth-order valence-electron chi connectivity index (χ4n) is 2.99. The first kappa shape index (κ1) is 16.5. The maximum atomic E-state index is 12.4. The summed E-state index contributed by atoms with van der Waals surface area (Å²) >= 11 is 0. The molecule has 0 radical (unpaired) electrons. The van der Waals surface area contributed by atoms with Gasteiger partial charge in [-0.05, 0) is 50.9 Å². The highest BCUT2D eigenvalue weighted by atomic mass is 16.1. The highest BCUT2D eigenvalue weighted by Gasteiger charge is 2.10. The lowest BCUT2D eigenvalue weighted by molar-refractivity contribution is 0.317. The number of aryl methyl sites for hydroxylation is 3. The second-order valence-corrected chi connectivity index (χ2v) is 6.48. The van der Waals surface area contributed by atoms with Crippen LogP contribution in [-0.2, 0) is 19.6 Å². The van der Waals surface area contributed by atoms with Crippen molar-refractivity contribution < 1.29 is 0 Å². The molecule has 0 saturated heterocycles. The maximum absolute atomic E-state index is 12.4. The van der Waals surface area contributed by atoms with Crippen LogP contribution in [0.25, 0.3) is 10.9 Å². The molecule has 2 heterocycles. The molecule has 0 bridgehead atoms. The van der Waals surface area contributed by atoms with E-state index in [2.05, 4.69) is 40.2 Å². The van der Waals surface area contributed by atoms with Crippen LogP contribution >= 0.6 is 0 Å². The quantitative estimate of drug-likeness (QED) is 0.785. The first-order valence-corrected chi connectivity index (χ1v) is 8.30. The SMILES string of the molecule is CCn1cc(CN(C)Cc2cc3ccc(C)cc3[nH]c2=O)c(C)n1. The number of hydrogen-bond donors (Lipinski definition) is 1. The minimum absolute atomic E-state index is 0.0130. The van der Waals surface area contributed by atoms with Crippen molar-refractivity contribution in [2.75, 3.05) is 7.05 Å². The summed E-state index contributed by atoms with van der Waals surface area (Å²) in [5.74, 6) is 0. The maximum Gasteiger partial charge on any atom is 0.252 e. The van der Waals surface area contributed by atoms with E-state index in [1.807, 2.05) is 37.7 Å². The molecule has 3 aromatic rings. The fraction of sp³-hybridized carbons (Fsp3) is 0.368. The second-order valence-electron chi connectivity index (χ2n) is 6.48. The van der Waals surface area contributed by atoms with Gasteiger partial charge in [-0.15, -0.1) is 0 Å². The molecule has 0 aliphatic rings. The van der Waals surface area contributed by atoms with Crippen molar-refractivity contribution in [2.24, 2.45) is 0 Å². The lowest BCUT2D eigenvalue weighted by Gasteiger charge is -2.16. The van der Waals surface area contributed by atoms with Crippen molar-refractivity contribution in [2.45, 2.75) is 40.4 Å². The molecule has 0 fully saturated rings. The van der Waals surface area contributed by atoms with Crippen LogP contribution in [0.3, 0.4) is 0 Å². The van der Waals surface area contributed by atoms with Gasteiger partial charge in [0.2, 0.25) is 0 Å². The van der Waals surface area contributed by atoms with Crippen LogP contribution in [0, 0.1) is 13.8 Å². The van der Waals surface area contributed by atoms with Crippen molar-refractivity contribution >= 4 is 10.9 Å². The molecule has 0 aliphatic carbocycles. The number of hydrogen-bond acceptors (Lipinski definition) is 3. The van der Waals surface area contributed by atoms with E-state index < -0.39 is 0 Å². The summed E-state index contributed by atoms with van der Waals surface area (Å²) in [5.41, 5.74) is 5.06. The zero-order chi connectivity index (χ0) is 17.3. The lowest BCUT2D eigenvalue weighted by Crippen LogP contribution is -2.23. The van der Waals surface area contributed by atoms with Crippen LogP contribution in [0.2, 0.25) is 0 Å². The molecule has 0 amide bonds. The summed E-state index contributed by atoms with van der Waals surface area (Å²) in [6.07, 6.45) is 2.08. The average Bonchev–Trinajstić information content (AvgIpc) is 2.88. The molecule has 1 N–H and O–H groups in total. The summed E-state index contributed by atoms with van der Waals surface area (Å²) in [5, 5.41) is 5.55. The van der Waals surface area contributed by atoms with Gasteiger partial charge in [-0.1, -0.05) is 12.1 Å². The number of pyridine rings is 1. The fourth-order valence-corrected chi connectivity index (χ4v) is 2.99. The molecule has 1 aromatic carbocycles. The predicted octanol–water partition coefficient (Wildman–Crippen LogP) is 2.99. The van der Waals surface area contributed by atoms with E-state index in [1.54, 1.807) is 0 Å². The number of nitrogens with one attached hydrogen (secondary N) is 1. The zero-order valence-electron chi connectivity index (χ0n) is 14.8. The minimum Gasteiger partial charge on any atom is -0.322 e. The molecule has 0 spiro atoms. The van der Waals surface area contributed by atoms with Crippen molar-refractivity contribution in [3.05, 3.63) is 63.2 Å². The molecule has 5 nitrogen and oxygen atoms in total. The Hall–Kier alpha value is -2.40. The molecule has 24 heavy (non-hydrogen) atoms. The van der Waals surface area contributed by atoms with Crippen molar-refractivity contribution in [1.82, 2.24) is 19.7 Å². The Kier molecular flexibility index (Phi) is 4.53. The highest BCUT2D eigenvalue weighted by molar-refractivity contribution is 5.79. The van der Waals surface area contributed by atoms with Crippen molar-refractivity contribution in [1.29, 1.82) is 0 Å². The van der Waals surface area contributed by atoms with Crippen molar-refractivity contribution in [3.8, 4) is 0 Å². The third-order valence-electron chi connectivity index (χ3n) is 4.33. The Morgan fingerprint density at radius 2 is 1.92 bits per heavy atom. The first-order chi connectivity index (χ1) is 11.5. The number of aromatic nitrogens is 3. The van der Waals surface area contributed by atoms with Crippen LogP contribution in [0.1, 0.15) is 29.3 Å². The predicted molar refractivity (Wildman–Crippen MR) is 97.1 cm³/mol. The third-order valence-corrected chi connectivity index (χ3v) is 4.33. The summed E-state index contributed by atoms with van der Waals surface area (Å²) in [4.78, 5) is 17.5. The number of benzene rings is 1. The summed E-state index contributed by atoms with van der Waals surface area (Å²) in [6.45, 7) is 8.39. The van der Waals surface area contributed by atoms with E-state index in [-0.39, 0.29) is 5.56 Å².